The number of para-hydroxylation sites is 2. The Morgan fingerprint density at radius 1 is 1.18 bits per heavy atom. The molecule has 3 aromatic heterocycles. The number of nitrogens with zero attached hydrogens (tertiary/aromatic N) is 4. The molecule has 174 valence electrons. The molecular formula is C24H28N4O4S. The molecule has 1 aromatic carbocycles. The van der Waals surface area contributed by atoms with Crippen LogP contribution < -0.4 is 11.2 Å². The first-order valence-corrected chi connectivity index (χ1v) is 11.9. The average Bonchev–Trinajstić information content (AvgIpc) is 3.34. The van der Waals surface area contributed by atoms with Gasteiger partial charge in [0.05, 0.1) is 35.6 Å². The molecule has 0 N–H and O–H groups in total. The summed E-state index contributed by atoms with van der Waals surface area (Å²) in [5.74, 6) is 0.522. The smallest absolute Gasteiger partial charge is 0.339 e. The van der Waals surface area contributed by atoms with Crippen LogP contribution in [-0.4, -0.2) is 31.8 Å². The van der Waals surface area contributed by atoms with Crippen LogP contribution in [0.3, 0.4) is 0 Å². The number of methoxy groups -OCH3 is 1. The first kappa shape index (κ1) is 23.0. The first-order valence-electron chi connectivity index (χ1n) is 11.1. The summed E-state index contributed by atoms with van der Waals surface area (Å²) in [4.78, 5) is 45.0. The zero-order valence-corrected chi connectivity index (χ0v) is 20.4. The Balaban J connectivity index is 2.03. The number of ether oxygens (including phenoxy) is 1. The molecule has 0 aliphatic rings. The van der Waals surface area contributed by atoms with Crippen LogP contribution in [0.15, 0.2) is 33.9 Å². The van der Waals surface area contributed by atoms with Crippen molar-refractivity contribution in [3.63, 3.8) is 0 Å². The van der Waals surface area contributed by atoms with Gasteiger partial charge in [-0.3, -0.25) is 13.9 Å². The highest BCUT2D eigenvalue weighted by molar-refractivity contribution is 7.19. The molecule has 0 spiro atoms. The highest BCUT2D eigenvalue weighted by atomic mass is 32.1. The molecule has 9 heteroatoms. The molecule has 0 bridgehead atoms. The largest absolute Gasteiger partial charge is 0.465 e. The van der Waals surface area contributed by atoms with E-state index in [2.05, 4.69) is 11.5 Å². The third-order valence-corrected chi connectivity index (χ3v) is 6.89. The number of benzene rings is 1. The van der Waals surface area contributed by atoms with Crippen molar-refractivity contribution in [2.45, 2.75) is 46.7 Å². The minimum Gasteiger partial charge on any atom is -0.465 e. The molecule has 4 aromatic rings. The molecule has 4 rings (SSSR count). The number of carbonyl (C=O) groups is 1. The van der Waals surface area contributed by atoms with E-state index in [4.69, 9.17) is 9.72 Å². The lowest BCUT2D eigenvalue weighted by molar-refractivity contribution is 0.0602. The highest BCUT2D eigenvalue weighted by Crippen LogP contribution is 2.32. The van der Waals surface area contributed by atoms with Gasteiger partial charge in [-0.15, -0.1) is 11.3 Å². The average molecular weight is 469 g/mol. The minimum atomic E-state index is -0.579. The quantitative estimate of drug-likeness (QED) is 0.387. The van der Waals surface area contributed by atoms with Crippen molar-refractivity contribution in [1.82, 2.24) is 18.7 Å². The van der Waals surface area contributed by atoms with E-state index in [9.17, 15) is 14.4 Å². The van der Waals surface area contributed by atoms with Gasteiger partial charge in [0.2, 0.25) is 0 Å². The molecule has 0 aliphatic heterocycles. The summed E-state index contributed by atoms with van der Waals surface area (Å²) >= 11 is 1.31. The van der Waals surface area contributed by atoms with Crippen LogP contribution in [-0.2, 0) is 31.3 Å². The Morgan fingerprint density at radius 2 is 1.91 bits per heavy atom. The second-order valence-corrected chi connectivity index (χ2v) is 9.66. The molecule has 33 heavy (non-hydrogen) atoms. The zero-order valence-electron chi connectivity index (χ0n) is 19.5. The zero-order chi connectivity index (χ0) is 23.9. The lowest BCUT2D eigenvalue weighted by atomic mass is 10.1. The van der Waals surface area contributed by atoms with Crippen LogP contribution >= 0.6 is 11.3 Å². The van der Waals surface area contributed by atoms with Gasteiger partial charge in [0.1, 0.15) is 10.7 Å². The van der Waals surface area contributed by atoms with Crippen molar-refractivity contribution in [1.29, 1.82) is 0 Å². The summed E-state index contributed by atoms with van der Waals surface area (Å²) < 4.78 is 9.84. The summed E-state index contributed by atoms with van der Waals surface area (Å²) in [6, 6.07) is 7.87. The number of carbonyl (C=O) groups excluding carboxylic acids is 1. The summed E-state index contributed by atoms with van der Waals surface area (Å²) in [7, 11) is 2.75. The summed E-state index contributed by atoms with van der Waals surface area (Å²) in [5, 5.41) is 0.242. The van der Waals surface area contributed by atoms with Crippen LogP contribution in [0.25, 0.3) is 21.3 Å². The van der Waals surface area contributed by atoms with Gasteiger partial charge in [-0.2, -0.15) is 0 Å². The maximum absolute atomic E-state index is 13.2. The van der Waals surface area contributed by atoms with Crippen LogP contribution in [0.4, 0.5) is 0 Å². The standard InChI is InChI=1S/C24H28N4O4S/c1-6-9-18-25-15-10-7-8-11-16(15)27(18)13-17-19(23(30)32-5)20-21(29)26(4)24(31)28(12-14(2)3)22(20)33-17/h7-8,10-11,14H,6,9,12-13H2,1-5H3. The van der Waals surface area contributed by atoms with Crippen molar-refractivity contribution in [3.8, 4) is 0 Å². The molecule has 0 fully saturated rings. The number of hydrogen-bond donors (Lipinski definition) is 0. The van der Waals surface area contributed by atoms with Gasteiger partial charge in [0.15, 0.2) is 0 Å². The molecule has 8 nitrogen and oxygen atoms in total. The van der Waals surface area contributed by atoms with Gasteiger partial charge >= 0.3 is 11.7 Å². The van der Waals surface area contributed by atoms with E-state index in [-0.39, 0.29) is 22.6 Å². The van der Waals surface area contributed by atoms with Crippen molar-refractivity contribution in [3.05, 3.63) is 61.4 Å². The van der Waals surface area contributed by atoms with Gasteiger partial charge in [-0.05, 0) is 24.5 Å². The second-order valence-electron chi connectivity index (χ2n) is 8.58. The van der Waals surface area contributed by atoms with Gasteiger partial charge in [0, 0.05) is 24.9 Å². The van der Waals surface area contributed by atoms with E-state index in [0.717, 1.165) is 34.3 Å². The SMILES string of the molecule is CCCc1nc2ccccc2n1Cc1sc2c(c1C(=O)OC)c(=O)n(C)c(=O)n2CC(C)C. The molecule has 3 heterocycles. The topological polar surface area (TPSA) is 88.1 Å². The van der Waals surface area contributed by atoms with Crippen molar-refractivity contribution >= 4 is 38.6 Å². The van der Waals surface area contributed by atoms with Gasteiger partial charge in [-0.1, -0.05) is 32.9 Å². The van der Waals surface area contributed by atoms with Crippen molar-refractivity contribution < 1.29 is 9.53 Å². The van der Waals surface area contributed by atoms with Crippen molar-refractivity contribution in [2.24, 2.45) is 13.0 Å². The normalized spacial score (nSPS) is 11.7. The van der Waals surface area contributed by atoms with Gasteiger partial charge in [0.25, 0.3) is 5.56 Å². The van der Waals surface area contributed by atoms with Gasteiger partial charge < -0.3 is 9.30 Å². The molecule has 0 saturated carbocycles. The summed E-state index contributed by atoms with van der Waals surface area (Å²) in [5.41, 5.74) is 1.21. The van der Waals surface area contributed by atoms with E-state index in [0.29, 0.717) is 22.8 Å². The Bertz CT molecular complexity index is 1470. The van der Waals surface area contributed by atoms with E-state index in [1.165, 1.54) is 25.5 Å². The minimum absolute atomic E-state index is 0.185. The Hall–Kier alpha value is -3.20. The lowest BCUT2D eigenvalue weighted by Crippen LogP contribution is -2.38. The molecule has 0 unspecified atom stereocenters. The van der Waals surface area contributed by atoms with E-state index >= 15 is 0 Å². The number of aryl methyl sites for hydroxylation is 1. The fourth-order valence-electron chi connectivity index (χ4n) is 4.19. The number of imidazole rings is 1. The molecule has 0 aliphatic carbocycles. The molecular weight excluding hydrogens is 440 g/mol. The maximum Gasteiger partial charge on any atom is 0.339 e. The Labute approximate surface area is 195 Å². The van der Waals surface area contributed by atoms with Crippen LogP contribution in [0.2, 0.25) is 0 Å². The molecule has 0 atom stereocenters. The maximum atomic E-state index is 13.2. The van der Waals surface area contributed by atoms with Crippen LogP contribution in [0.1, 0.15) is 48.3 Å². The number of hydrogen-bond acceptors (Lipinski definition) is 6. The van der Waals surface area contributed by atoms with E-state index in [1.807, 2.05) is 38.1 Å². The predicted molar refractivity (Wildman–Crippen MR) is 130 cm³/mol. The third-order valence-electron chi connectivity index (χ3n) is 5.69. The summed E-state index contributed by atoms with van der Waals surface area (Å²) in [6.07, 6.45) is 1.71. The molecule has 0 saturated heterocycles. The Morgan fingerprint density at radius 3 is 2.58 bits per heavy atom. The lowest BCUT2D eigenvalue weighted by Gasteiger charge is -2.11. The number of thiophene rings is 1. The highest BCUT2D eigenvalue weighted by Gasteiger charge is 2.27. The van der Waals surface area contributed by atoms with Gasteiger partial charge in [-0.25, -0.2) is 14.6 Å². The first-order chi connectivity index (χ1) is 15.8. The number of fused-ring (bicyclic) bond motifs is 2. The molecule has 0 radical (unpaired) electrons. The summed E-state index contributed by atoms with van der Waals surface area (Å²) in [6.45, 7) is 6.91. The number of esters is 1. The third kappa shape index (κ3) is 3.90. The number of rotatable bonds is 7. The Kier molecular flexibility index (Phi) is 6.25. The predicted octanol–water partition coefficient (Wildman–Crippen LogP) is 3.55. The van der Waals surface area contributed by atoms with Crippen LogP contribution in [0.5, 0.6) is 0 Å². The molecule has 0 amide bonds. The number of aromatic nitrogens is 4. The fraction of sp³-hybridized carbons (Fsp3) is 0.417. The van der Waals surface area contributed by atoms with Crippen LogP contribution in [0, 0.1) is 5.92 Å². The van der Waals surface area contributed by atoms with E-state index < -0.39 is 11.5 Å². The monoisotopic (exact) mass is 468 g/mol. The second kappa shape index (κ2) is 8.97. The van der Waals surface area contributed by atoms with Crippen molar-refractivity contribution in [2.75, 3.05) is 7.11 Å². The fourth-order valence-corrected chi connectivity index (χ4v) is 5.46. The van der Waals surface area contributed by atoms with E-state index in [1.54, 1.807) is 4.57 Å².